The predicted octanol–water partition coefficient (Wildman–Crippen LogP) is 5.22. The van der Waals surface area contributed by atoms with Crippen LogP contribution in [0.3, 0.4) is 0 Å². The number of fused-ring (bicyclic) bond motifs is 1. The molecule has 0 amide bonds. The van der Waals surface area contributed by atoms with Crippen molar-refractivity contribution in [2.75, 3.05) is 13.2 Å². The predicted molar refractivity (Wildman–Crippen MR) is 99.4 cm³/mol. The molecule has 0 unspecified atom stereocenters. The van der Waals surface area contributed by atoms with Crippen molar-refractivity contribution in [3.05, 3.63) is 51.5 Å². The van der Waals surface area contributed by atoms with Gasteiger partial charge in [-0.3, -0.25) is 0 Å². The minimum Gasteiger partial charge on any atom is -0.486 e. The fourth-order valence-corrected chi connectivity index (χ4v) is 3.96. The second-order valence-corrected chi connectivity index (χ2v) is 7.48. The van der Waals surface area contributed by atoms with Crippen LogP contribution in [0.4, 0.5) is 0 Å². The van der Waals surface area contributed by atoms with Gasteiger partial charge >= 0.3 is 0 Å². The minimum absolute atomic E-state index is 0.450. The van der Waals surface area contributed by atoms with E-state index in [1.54, 1.807) is 12.1 Å². The molecule has 0 atom stereocenters. The summed E-state index contributed by atoms with van der Waals surface area (Å²) < 4.78 is 17.9. The Labute approximate surface area is 161 Å². The molecule has 1 aliphatic heterocycles. The molecule has 1 aromatic heterocycles. The van der Waals surface area contributed by atoms with Gasteiger partial charge in [-0.05, 0) is 35.9 Å². The Hall–Kier alpha value is -1.70. The Morgan fingerprint density at radius 1 is 1.08 bits per heavy atom. The monoisotopic (exact) mass is 438 g/mol. The molecule has 0 spiro atoms. The average molecular weight is 440 g/mol. The van der Waals surface area contributed by atoms with E-state index in [9.17, 15) is 0 Å². The molecule has 128 valence electrons. The molecule has 1 aliphatic rings. The Morgan fingerprint density at radius 2 is 1.88 bits per heavy atom. The first kappa shape index (κ1) is 16.8. The zero-order chi connectivity index (χ0) is 17.2. The van der Waals surface area contributed by atoms with Gasteiger partial charge in [-0.2, -0.15) is 0 Å². The van der Waals surface area contributed by atoms with E-state index in [4.69, 9.17) is 25.5 Å². The highest BCUT2D eigenvalue weighted by molar-refractivity contribution is 9.10. The number of halogens is 2. The molecule has 0 fully saturated rings. The normalized spacial score (nSPS) is 13.0. The van der Waals surface area contributed by atoms with Gasteiger partial charge in [0.25, 0.3) is 5.22 Å². The second kappa shape index (κ2) is 7.27. The van der Waals surface area contributed by atoms with Gasteiger partial charge in [0.2, 0.25) is 5.89 Å². The highest BCUT2D eigenvalue weighted by atomic mass is 79.9. The van der Waals surface area contributed by atoms with Crippen molar-refractivity contribution in [1.82, 2.24) is 10.2 Å². The molecule has 8 heteroatoms. The van der Waals surface area contributed by atoms with Crippen LogP contribution in [-0.4, -0.2) is 23.4 Å². The summed E-state index contributed by atoms with van der Waals surface area (Å²) in [6.45, 7) is 1.13. The lowest BCUT2D eigenvalue weighted by molar-refractivity contribution is 0.171. The third kappa shape index (κ3) is 3.78. The first-order valence-corrected chi connectivity index (χ1v) is 9.65. The zero-order valence-electron chi connectivity index (χ0n) is 12.9. The van der Waals surface area contributed by atoms with Crippen LogP contribution in [0.25, 0.3) is 11.5 Å². The van der Waals surface area contributed by atoms with E-state index in [1.165, 1.54) is 11.8 Å². The molecule has 3 aromatic rings. The SMILES string of the molecule is Clc1cccc(-c2nnc(SCc3cc4c(cc3Br)OCCO4)o2)c1. The third-order valence-electron chi connectivity index (χ3n) is 3.54. The van der Waals surface area contributed by atoms with E-state index in [0.717, 1.165) is 27.1 Å². The summed E-state index contributed by atoms with van der Waals surface area (Å²) in [7, 11) is 0. The lowest BCUT2D eigenvalue weighted by Crippen LogP contribution is -2.15. The molecule has 0 aliphatic carbocycles. The number of nitrogens with zero attached hydrogens (tertiary/aromatic N) is 2. The zero-order valence-corrected chi connectivity index (χ0v) is 16.0. The summed E-state index contributed by atoms with van der Waals surface area (Å²) >= 11 is 11.0. The second-order valence-electron chi connectivity index (χ2n) is 5.26. The van der Waals surface area contributed by atoms with Gasteiger partial charge in [0.15, 0.2) is 11.5 Å². The number of thioether (sulfide) groups is 1. The van der Waals surface area contributed by atoms with Crippen LogP contribution in [0.1, 0.15) is 5.56 Å². The first-order chi connectivity index (χ1) is 12.2. The summed E-state index contributed by atoms with van der Waals surface area (Å²) in [6.07, 6.45) is 0. The van der Waals surface area contributed by atoms with E-state index in [0.29, 0.717) is 35.1 Å². The maximum Gasteiger partial charge on any atom is 0.277 e. The summed E-state index contributed by atoms with van der Waals surface area (Å²) in [5.41, 5.74) is 1.86. The van der Waals surface area contributed by atoms with Crippen LogP contribution >= 0.6 is 39.3 Å². The molecule has 0 bridgehead atoms. The summed E-state index contributed by atoms with van der Waals surface area (Å²) in [6, 6.07) is 11.2. The van der Waals surface area contributed by atoms with Gasteiger partial charge in [0.1, 0.15) is 13.2 Å². The summed E-state index contributed by atoms with van der Waals surface area (Å²) in [4.78, 5) is 0. The standard InChI is InChI=1S/C17H12BrClN2O3S/c18-13-8-15-14(22-4-5-23-15)7-11(13)9-25-17-21-20-16(24-17)10-2-1-3-12(19)6-10/h1-3,6-8H,4-5,9H2. The Balaban J connectivity index is 1.49. The fourth-order valence-electron chi connectivity index (χ4n) is 2.36. The van der Waals surface area contributed by atoms with Crippen LogP contribution in [0.5, 0.6) is 11.5 Å². The minimum atomic E-state index is 0.450. The van der Waals surface area contributed by atoms with E-state index >= 15 is 0 Å². The quantitative estimate of drug-likeness (QED) is 0.520. The molecule has 2 aromatic carbocycles. The lowest BCUT2D eigenvalue weighted by Gasteiger charge is -2.19. The summed E-state index contributed by atoms with van der Waals surface area (Å²) in [5, 5.41) is 9.29. The highest BCUT2D eigenvalue weighted by Gasteiger charge is 2.16. The van der Waals surface area contributed by atoms with Gasteiger partial charge in [-0.1, -0.05) is 45.4 Å². The molecule has 5 nitrogen and oxygen atoms in total. The van der Waals surface area contributed by atoms with Gasteiger partial charge in [-0.15, -0.1) is 10.2 Å². The van der Waals surface area contributed by atoms with Crippen LogP contribution in [0.15, 0.2) is 50.5 Å². The summed E-state index contributed by atoms with van der Waals surface area (Å²) in [5.74, 6) is 2.63. The molecular formula is C17H12BrClN2O3S. The van der Waals surface area contributed by atoms with Crippen LogP contribution in [0, 0.1) is 0 Å². The largest absolute Gasteiger partial charge is 0.486 e. The average Bonchev–Trinajstić information content (AvgIpc) is 3.09. The van der Waals surface area contributed by atoms with Gasteiger partial charge in [-0.25, -0.2) is 0 Å². The van der Waals surface area contributed by atoms with Crippen molar-refractivity contribution in [1.29, 1.82) is 0 Å². The molecule has 2 heterocycles. The molecule has 0 radical (unpaired) electrons. The number of hydrogen-bond acceptors (Lipinski definition) is 6. The van der Waals surface area contributed by atoms with E-state index in [-0.39, 0.29) is 0 Å². The molecule has 25 heavy (non-hydrogen) atoms. The van der Waals surface area contributed by atoms with Crippen molar-refractivity contribution in [3.63, 3.8) is 0 Å². The maximum atomic E-state index is 6.00. The number of hydrogen-bond donors (Lipinski definition) is 0. The van der Waals surface area contributed by atoms with Crippen LogP contribution < -0.4 is 9.47 Å². The number of ether oxygens (including phenoxy) is 2. The Kier molecular flexibility index (Phi) is 4.87. The number of rotatable bonds is 4. The van der Waals surface area contributed by atoms with Crippen molar-refractivity contribution >= 4 is 39.3 Å². The molecule has 0 saturated heterocycles. The van der Waals surface area contributed by atoms with Crippen molar-refractivity contribution in [2.24, 2.45) is 0 Å². The Morgan fingerprint density at radius 3 is 2.68 bits per heavy atom. The van der Waals surface area contributed by atoms with E-state index < -0.39 is 0 Å². The molecule has 4 rings (SSSR count). The van der Waals surface area contributed by atoms with Crippen LogP contribution in [0.2, 0.25) is 5.02 Å². The van der Waals surface area contributed by atoms with Crippen molar-refractivity contribution in [2.45, 2.75) is 11.0 Å². The van der Waals surface area contributed by atoms with Crippen molar-refractivity contribution < 1.29 is 13.9 Å². The maximum absolute atomic E-state index is 6.00. The van der Waals surface area contributed by atoms with Gasteiger partial charge < -0.3 is 13.9 Å². The van der Waals surface area contributed by atoms with Gasteiger partial charge in [0.05, 0.1) is 0 Å². The van der Waals surface area contributed by atoms with Gasteiger partial charge in [0, 0.05) is 20.8 Å². The fraction of sp³-hybridized carbons (Fsp3) is 0.176. The number of aromatic nitrogens is 2. The van der Waals surface area contributed by atoms with Crippen molar-refractivity contribution in [3.8, 4) is 23.0 Å². The van der Waals surface area contributed by atoms with E-state index in [2.05, 4.69) is 26.1 Å². The topological polar surface area (TPSA) is 57.4 Å². The Bertz CT molecular complexity index is 919. The van der Waals surface area contributed by atoms with Crippen LogP contribution in [-0.2, 0) is 5.75 Å². The molecular weight excluding hydrogens is 428 g/mol. The smallest absolute Gasteiger partial charge is 0.277 e. The first-order valence-electron chi connectivity index (χ1n) is 7.49. The molecule has 0 N–H and O–H groups in total. The lowest BCUT2D eigenvalue weighted by atomic mass is 10.2. The highest BCUT2D eigenvalue weighted by Crippen LogP contribution is 2.38. The number of benzene rings is 2. The third-order valence-corrected chi connectivity index (χ3v) is 5.38. The van der Waals surface area contributed by atoms with E-state index in [1.807, 2.05) is 24.3 Å². The molecule has 0 saturated carbocycles.